The molecule has 4 heterocycles. The zero-order valence-corrected chi connectivity index (χ0v) is 17.6. The summed E-state index contributed by atoms with van der Waals surface area (Å²) in [5.41, 5.74) is 3.03. The molecule has 9 heteroatoms. The highest BCUT2D eigenvalue weighted by atomic mass is 32.1. The maximum Gasteiger partial charge on any atom is 0.241 e. The van der Waals surface area contributed by atoms with Crippen LogP contribution in [0.3, 0.4) is 0 Å². The van der Waals surface area contributed by atoms with E-state index in [-0.39, 0.29) is 0 Å². The van der Waals surface area contributed by atoms with Gasteiger partial charge in [-0.1, -0.05) is 35.5 Å². The minimum absolute atomic E-state index is 0.656. The third-order valence-electron chi connectivity index (χ3n) is 5.50. The maximum atomic E-state index is 5.56. The summed E-state index contributed by atoms with van der Waals surface area (Å²) in [6.45, 7) is 7.17. The topological polar surface area (TPSA) is 67.6 Å². The normalized spacial score (nSPS) is 15.8. The summed E-state index contributed by atoms with van der Waals surface area (Å²) in [4.78, 5) is 9.30. The van der Waals surface area contributed by atoms with Gasteiger partial charge in [-0.15, -0.1) is 0 Å². The number of aryl methyl sites for hydroxylation is 1. The number of aromatic nitrogens is 5. The van der Waals surface area contributed by atoms with Crippen LogP contribution in [0.15, 0.2) is 53.2 Å². The van der Waals surface area contributed by atoms with Crippen LogP contribution >= 0.6 is 12.2 Å². The zero-order valence-electron chi connectivity index (χ0n) is 16.8. The molecule has 154 valence electrons. The molecule has 1 aliphatic heterocycles. The third-order valence-corrected chi connectivity index (χ3v) is 5.91. The second-order valence-electron chi connectivity index (χ2n) is 7.57. The molecule has 1 saturated heterocycles. The van der Waals surface area contributed by atoms with Crippen molar-refractivity contribution in [1.29, 1.82) is 0 Å². The summed E-state index contributed by atoms with van der Waals surface area (Å²) < 4.78 is 10.1. The van der Waals surface area contributed by atoms with Gasteiger partial charge in [-0.2, -0.15) is 10.1 Å². The average molecular weight is 422 g/mol. The number of pyridine rings is 1. The predicted octanol–water partition coefficient (Wildman–Crippen LogP) is 3.00. The molecule has 0 radical (unpaired) electrons. The molecule has 3 aromatic heterocycles. The third kappa shape index (κ3) is 3.79. The summed E-state index contributed by atoms with van der Waals surface area (Å²) in [6, 6.07) is 14.0. The largest absolute Gasteiger partial charge is 0.338 e. The monoisotopic (exact) mass is 421 g/mol. The number of piperazine rings is 1. The molecule has 1 aliphatic rings. The van der Waals surface area contributed by atoms with E-state index >= 15 is 0 Å². The Labute approximate surface area is 179 Å². The van der Waals surface area contributed by atoms with Gasteiger partial charge in [0, 0.05) is 37.9 Å². The lowest BCUT2D eigenvalue weighted by Gasteiger charge is -2.33. The van der Waals surface area contributed by atoms with Gasteiger partial charge in [0.25, 0.3) is 0 Å². The first-order valence-electron chi connectivity index (χ1n) is 10.0. The first-order chi connectivity index (χ1) is 14.7. The summed E-state index contributed by atoms with van der Waals surface area (Å²) in [5, 5.41) is 8.78. The van der Waals surface area contributed by atoms with Crippen molar-refractivity contribution in [3.63, 3.8) is 0 Å². The highest BCUT2D eigenvalue weighted by molar-refractivity contribution is 7.71. The molecule has 0 bridgehead atoms. The van der Waals surface area contributed by atoms with Gasteiger partial charge < -0.3 is 4.52 Å². The molecule has 0 N–H and O–H groups in total. The van der Waals surface area contributed by atoms with Crippen molar-refractivity contribution in [2.75, 3.05) is 26.2 Å². The van der Waals surface area contributed by atoms with Crippen molar-refractivity contribution in [1.82, 2.24) is 34.1 Å². The van der Waals surface area contributed by atoms with Gasteiger partial charge in [-0.25, -0.2) is 4.68 Å². The second-order valence-corrected chi connectivity index (χ2v) is 7.94. The minimum Gasteiger partial charge on any atom is -0.338 e. The van der Waals surface area contributed by atoms with E-state index in [1.165, 1.54) is 0 Å². The van der Waals surface area contributed by atoms with E-state index in [2.05, 4.69) is 38.0 Å². The van der Waals surface area contributed by atoms with Crippen molar-refractivity contribution in [3.05, 3.63) is 64.9 Å². The van der Waals surface area contributed by atoms with Gasteiger partial charge in [-0.3, -0.25) is 14.2 Å². The number of nitrogens with zero attached hydrogens (tertiary/aromatic N) is 7. The number of fused-ring (bicyclic) bond motifs is 1. The molecule has 0 aliphatic carbocycles. The molecule has 4 aromatic rings. The van der Waals surface area contributed by atoms with Crippen LogP contribution in [-0.2, 0) is 13.2 Å². The Morgan fingerprint density at radius 1 is 1.00 bits per heavy atom. The Bertz CT molecular complexity index is 1220. The number of hydrogen-bond acceptors (Lipinski definition) is 7. The first-order valence-corrected chi connectivity index (χ1v) is 10.5. The lowest BCUT2D eigenvalue weighted by Crippen LogP contribution is -2.46. The fourth-order valence-electron chi connectivity index (χ4n) is 3.78. The van der Waals surface area contributed by atoms with Gasteiger partial charge in [0.2, 0.25) is 16.5 Å². The van der Waals surface area contributed by atoms with E-state index in [0.29, 0.717) is 24.9 Å². The molecular weight excluding hydrogens is 398 g/mol. The van der Waals surface area contributed by atoms with Crippen molar-refractivity contribution >= 4 is 17.9 Å². The van der Waals surface area contributed by atoms with Gasteiger partial charge in [0.15, 0.2) is 5.65 Å². The molecule has 0 spiro atoms. The van der Waals surface area contributed by atoms with Crippen molar-refractivity contribution in [2.24, 2.45) is 0 Å². The van der Waals surface area contributed by atoms with E-state index in [1.54, 1.807) is 0 Å². The average Bonchev–Trinajstić information content (AvgIpc) is 3.35. The van der Waals surface area contributed by atoms with Crippen molar-refractivity contribution in [2.45, 2.75) is 20.1 Å². The van der Waals surface area contributed by atoms with Gasteiger partial charge in [-0.05, 0) is 36.8 Å². The van der Waals surface area contributed by atoms with Gasteiger partial charge in [0.05, 0.1) is 13.2 Å². The summed E-state index contributed by atoms with van der Waals surface area (Å²) in [5.74, 6) is 1.31. The zero-order chi connectivity index (χ0) is 20.5. The molecule has 0 unspecified atom stereocenters. The number of benzene rings is 1. The molecule has 1 aromatic carbocycles. The van der Waals surface area contributed by atoms with E-state index in [4.69, 9.17) is 16.7 Å². The number of rotatable bonds is 5. The van der Waals surface area contributed by atoms with Gasteiger partial charge in [0.1, 0.15) is 0 Å². The molecule has 1 fully saturated rings. The van der Waals surface area contributed by atoms with Crippen LogP contribution in [0.2, 0.25) is 0 Å². The minimum atomic E-state index is 0.656. The Morgan fingerprint density at radius 3 is 2.57 bits per heavy atom. The van der Waals surface area contributed by atoms with E-state index in [9.17, 15) is 0 Å². The van der Waals surface area contributed by atoms with Crippen LogP contribution in [0.5, 0.6) is 0 Å². The molecule has 5 rings (SSSR count). The first kappa shape index (κ1) is 19.1. The SMILES string of the molecule is Cc1ccccc1-c1noc(CN2CCN(Cn3nc4ccccn4c3=S)CC2)n1. The van der Waals surface area contributed by atoms with Crippen LogP contribution in [0.4, 0.5) is 0 Å². The quantitative estimate of drug-likeness (QED) is 0.459. The second kappa shape index (κ2) is 8.10. The Hall–Kier alpha value is -2.88. The standard InChI is InChI=1S/C21H23N7OS/c1-16-6-2-3-7-17(16)20-22-19(29-24-20)14-25-10-12-26(13-11-25)15-28-21(30)27-9-5-4-8-18(27)23-28/h2-9H,10-15H2,1H3. The molecule has 0 atom stereocenters. The van der Waals surface area contributed by atoms with Crippen molar-refractivity contribution < 1.29 is 4.52 Å². The van der Waals surface area contributed by atoms with Crippen LogP contribution in [-0.4, -0.2) is 60.3 Å². The molecule has 0 amide bonds. The number of hydrogen-bond donors (Lipinski definition) is 0. The Kier molecular flexibility index (Phi) is 5.16. The predicted molar refractivity (Wildman–Crippen MR) is 115 cm³/mol. The summed E-state index contributed by atoms with van der Waals surface area (Å²) in [6.07, 6.45) is 1.95. The van der Waals surface area contributed by atoms with E-state index < -0.39 is 0 Å². The highest BCUT2D eigenvalue weighted by Crippen LogP contribution is 2.20. The Balaban J connectivity index is 1.19. The van der Waals surface area contributed by atoms with Gasteiger partial charge >= 0.3 is 0 Å². The van der Waals surface area contributed by atoms with E-state index in [0.717, 1.165) is 47.7 Å². The van der Waals surface area contributed by atoms with Crippen LogP contribution < -0.4 is 0 Å². The molecular formula is C21H23N7OS. The van der Waals surface area contributed by atoms with E-state index in [1.807, 2.05) is 51.7 Å². The smallest absolute Gasteiger partial charge is 0.241 e. The Morgan fingerprint density at radius 2 is 1.77 bits per heavy atom. The van der Waals surface area contributed by atoms with Crippen LogP contribution in [0.25, 0.3) is 17.0 Å². The summed E-state index contributed by atoms with van der Waals surface area (Å²) in [7, 11) is 0. The molecule has 30 heavy (non-hydrogen) atoms. The molecule has 8 nitrogen and oxygen atoms in total. The van der Waals surface area contributed by atoms with Crippen LogP contribution in [0, 0.1) is 11.7 Å². The fourth-order valence-corrected chi connectivity index (χ4v) is 4.04. The van der Waals surface area contributed by atoms with Crippen molar-refractivity contribution in [3.8, 4) is 11.4 Å². The molecule has 0 saturated carbocycles. The lowest BCUT2D eigenvalue weighted by molar-refractivity contribution is 0.0910. The highest BCUT2D eigenvalue weighted by Gasteiger charge is 2.20. The lowest BCUT2D eigenvalue weighted by atomic mass is 10.1. The summed E-state index contributed by atoms with van der Waals surface area (Å²) >= 11 is 5.56. The fraction of sp³-hybridized carbons (Fsp3) is 0.333. The maximum absolute atomic E-state index is 5.56. The van der Waals surface area contributed by atoms with Crippen LogP contribution in [0.1, 0.15) is 11.5 Å².